The number of carbonyl (C=O) groups is 2. The predicted octanol–water partition coefficient (Wildman–Crippen LogP) is 3.11. The van der Waals surface area contributed by atoms with E-state index >= 15 is 0 Å². The molecule has 0 bridgehead atoms. The second kappa shape index (κ2) is 8.37. The number of amides is 1. The molecule has 0 saturated heterocycles. The molecule has 0 aliphatic carbocycles. The number of carboxylic acid groups (broad SMARTS) is 1. The van der Waals surface area contributed by atoms with Crippen LogP contribution in [0.4, 0.5) is 4.79 Å². The molecule has 0 fully saturated rings. The molecule has 7 heteroatoms. The van der Waals surface area contributed by atoms with E-state index in [1.54, 1.807) is 47.0 Å². The number of nitrogens with one attached hydrogen (secondary N) is 1. The van der Waals surface area contributed by atoms with Crippen molar-refractivity contribution in [2.75, 3.05) is 5.75 Å². The normalized spacial score (nSPS) is 13.2. The highest BCUT2D eigenvalue weighted by molar-refractivity contribution is 8.00. The Morgan fingerprint density at radius 2 is 1.83 bits per heavy atom. The predicted molar refractivity (Wildman–Crippen MR) is 95.3 cm³/mol. The van der Waals surface area contributed by atoms with Gasteiger partial charge in [0.25, 0.3) is 0 Å². The van der Waals surface area contributed by atoms with E-state index in [0.29, 0.717) is 0 Å². The van der Waals surface area contributed by atoms with Gasteiger partial charge in [0.1, 0.15) is 11.6 Å². The average molecular weight is 354 g/mol. The Morgan fingerprint density at radius 3 is 2.33 bits per heavy atom. The monoisotopic (exact) mass is 354 g/mol. The van der Waals surface area contributed by atoms with Crippen molar-refractivity contribution in [2.24, 2.45) is 0 Å². The largest absolute Gasteiger partial charge is 0.480 e. The van der Waals surface area contributed by atoms with Gasteiger partial charge in [0.15, 0.2) is 0 Å². The van der Waals surface area contributed by atoms with Gasteiger partial charge >= 0.3 is 12.1 Å². The number of ether oxygens (including phenoxy) is 1. The fourth-order valence-electron chi connectivity index (χ4n) is 2.02. The van der Waals surface area contributed by atoms with E-state index < -0.39 is 28.5 Å². The zero-order chi connectivity index (χ0) is 18.4. The maximum atomic E-state index is 11.9. The van der Waals surface area contributed by atoms with Crippen molar-refractivity contribution >= 4 is 23.8 Å². The first-order chi connectivity index (χ1) is 11.0. The topological polar surface area (TPSA) is 88.5 Å². The van der Waals surface area contributed by atoms with Crippen molar-refractivity contribution < 1.29 is 19.4 Å². The SMILES string of the molecule is CC(C)(C)OC(=O)N[C@@H](C(=O)O)C(C)(C)SCCc1ccncc1. The second-order valence-corrected chi connectivity index (χ2v) is 8.72. The zero-order valence-corrected chi connectivity index (χ0v) is 15.6. The second-order valence-electron chi connectivity index (χ2n) is 6.97. The molecule has 0 aromatic carbocycles. The van der Waals surface area contributed by atoms with E-state index in [0.717, 1.165) is 17.7 Å². The van der Waals surface area contributed by atoms with Gasteiger partial charge in [-0.2, -0.15) is 11.8 Å². The summed E-state index contributed by atoms with van der Waals surface area (Å²) in [6.07, 6.45) is 3.54. The molecule has 0 aliphatic rings. The zero-order valence-electron chi connectivity index (χ0n) is 14.8. The van der Waals surface area contributed by atoms with Gasteiger partial charge < -0.3 is 15.2 Å². The number of pyridine rings is 1. The van der Waals surface area contributed by atoms with Gasteiger partial charge in [-0.05, 0) is 64.5 Å². The number of carbonyl (C=O) groups excluding carboxylic acids is 1. The highest BCUT2D eigenvalue weighted by Gasteiger charge is 2.38. The Labute approximate surface area is 147 Å². The number of rotatable bonds is 7. The highest BCUT2D eigenvalue weighted by atomic mass is 32.2. The third kappa shape index (κ3) is 7.21. The lowest BCUT2D eigenvalue weighted by Crippen LogP contribution is -2.53. The van der Waals surface area contributed by atoms with E-state index in [9.17, 15) is 14.7 Å². The molecule has 0 radical (unpaired) electrons. The number of hydrogen-bond donors (Lipinski definition) is 2. The van der Waals surface area contributed by atoms with E-state index in [4.69, 9.17) is 4.74 Å². The lowest BCUT2D eigenvalue weighted by atomic mass is 10.0. The van der Waals surface area contributed by atoms with Crippen molar-refractivity contribution in [3.05, 3.63) is 30.1 Å². The molecule has 0 saturated carbocycles. The molecular formula is C17H26N2O4S. The summed E-state index contributed by atoms with van der Waals surface area (Å²) in [5.41, 5.74) is 0.464. The van der Waals surface area contributed by atoms with Gasteiger partial charge in [0.2, 0.25) is 0 Å². The van der Waals surface area contributed by atoms with E-state index in [1.165, 1.54) is 11.8 Å². The molecule has 1 rings (SSSR count). The Balaban J connectivity index is 2.64. The molecule has 0 aliphatic heterocycles. The number of alkyl carbamates (subject to hydrolysis) is 1. The molecular weight excluding hydrogens is 328 g/mol. The first-order valence-corrected chi connectivity index (χ1v) is 8.75. The molecule has 1 amide bonds. The highest BCUT2D eigenvalue weighted by Crippen LogP contribution is 2.29. The molecule has 0 unspecified atom stereocenters. The Bertz CT molecular complexity index is 555. The third-order valence-electron chi connectivity index (χ3n) is 3.22. The van der Waals surface area contributed by atoms with Crippen LogP contribution in [0.5, 0.6) is 0 Å². The maximum absolute atomic E-state index is 11.9. The minimum Gasteiger partial charge on any atom is -0.480 e. The van der Waals surface area contributed by atoms with Gasteiger partial charge in [-0.1, -0.05) is 0 Å². The molecule has 1 aromatic rings. The van der Waals surface area contributed by atoms with Crippen molar-refractivity contribution in [3.8, 4) is 0 Å². The fraction of sp³-hybridized carbons (Fsp3) is 0.588. The molecule has 1 atom stereocenters. The van der Waals surface area contributed by atoms with Gasteiger partial charge in [-0.15, -0.1) is 0 Å². The molecule has 24 heavy (non-hydrogen) atoms. The maximum Gasteiger partial charge on any atom is 0.408 e. The Hall–Kier alpha value is -1.76. The summed E-state index contributed by atoms with van der Waals surface area (Å²) in [7, 11) is 0. The van der Waals surface area contributed by atoms with Crippen LogP contribution < -0.4 is 5.32 Å². The minimum atomic E-state index is -1.08. The summed E-state index contributed by atoms with van der Waals surface area (Å²) in [5, 5.41) is 12.0. The van der Waals surface area contributed by atoms with Gasteiger partial charge in [-0.25, -0.2) is 9.59 Å². The smallest absolute Gasteiger partial charge is 0.408 e. The van der Waals surface area contributed by atoms with Crippen molar-refractivity contribution in [3.63, 3.8) is 0 Å². The van der Waals surface area contributed by atoms with Gasteiger partial charge in [0, 0.05) is 17.1 Å². The summed E-state index contributed by atoms with van der Waals surface area (Å²) in [5.74, 6) is -0.348. The van der Waals surface area contributed by atoms with Crippen LogP contribution in [0.3, 0.4) is 0 Å². The minimum absolute atomic E-state index is 0.675. The number of aliphatic carboxylic acids is 1. The average Bonchev–Trinajstić information content (AvgIpc) is 2.43. The first kappa shape index (κ1) is 20.3. The Morgan fingerprint density at radius 1 is 1.25 bits per heavy atom. The number of thioether (sulfide) groups is 1. The molecule has 6 nitrogen and oxygen atoms in total. The van der Waals surface area contributed by atoms with Crippen molar-refractivity contribution in [2.45, 2.75) is 57.4 Å². The van der Waals surface area contributed by atoms with Crippen LogP contribution in [0.25, 0.3) is 0 Å². The summed E-state index contributed by atoms with van der Waals surface area (Å²) in [4.78, 5) is 27.5. The van der Waals surface area contributed by atoms with Crippen LogP contribution in [-0.2, 0) is 16.0 Å². The lowest BCUT2D eigenvalue weighted by molar-refractivity contribution is -0.140. The number of aromatic nitrogens is 1. The number of nitrogens with zero attached hydrogens (tertiary/aromatic N) is 1. The summed E-state index contributed by atoms with van der Waals surface area (Å²) < 4.78 is 4.47. The number of aryl methyl sites for hydroxylation is 1. The number of carboxylic acids is 1. The van der Waals surface area contributed by atoms with Gasteiger partial charge in [-0.3, -0.25) is 4.98 Å². The fourth-order valence-corrected chi connectivity index (χ4v) is 3.21. The molecule has 1 aromatic heterocycles. The van der Waals surface area contributed by atoms with Crippen LogP contribution in [0.1, 0.15) is 40.2 Å². The number of hydrogen-bond acceptors (Lipinski definition) is 5. The summed E-state index contributed by atoms with van der Waals surface area (Å²) in [6.45, 7) is 8.81. The van der Waals surface area contributed by atoms with Crippen molar-refractivity contribution in [1.29, 1.82) is 0 Å². The van der Waals surface area contributed by atoms with Crippen LogP contribution in [0.2, 0.25) is 0 Å². The quantitative estimate of drug-likeness (QED) is 0.782. The molecule has 134 valence electrons. The van der Waals surface area contributed by atoms with E-state index in [-0.39, 0.29) is 0 Å². The van der Waals surface area contributed by atoms with Crippen molar-refractivity contribution in [1.82, 2.24) is 10.3 Å². The standard InChI is InChI=1S/C17H26N2O4S/c1-16(2,3)23-15(22)19-13(14(20)21)17(4,5)24-11-8-12-6-9-18-10-7-12/h6-7,9-10,13H,8,11H2,1-5H3,(H,19,22)(H,20,21)/t13-/m0/s1. The van der Waals surface area contributed by atoms with Crippen LogP contribution >= 0.6 is 11.8 Å². The first-order valence-electron chi connectivity index (χ1n) is 7.76. The third-order valence-corrected chi connectivity index (χ3v) is 4.61. The lowest BCUT2D eigenvalue weighted by Gasteiger charge is -2.32. The van der Waals surface area contributed by atoms with Crippen LogP contribution in [0, 0.1) is 0 Å². The summed E-state index contributed by atoms with van der Waals surface area (Å²) in [6, 6.07) is 2.82. The van der Waals surface area contributed by atoms with E-state index in [1.807, 2.05) is 12.1 Å². The van der Waals surface area contributed by atoms with Crippen LogP contribution in [-0.4, -0.2) is 44.3 Å². The molecule has 2 N–H and O–H groups in total. The van der Waals surface area contributed by atoms with Crippen LogP contribution in [0.15, 0.2) is 24.5 Å². The van der Waals surface area contributed by atoms with E-state index in [2.05, 4.69) is 10.3 Å². The molecule has 0 spiro atoms. The Kier molecular flexibility index (Phi) is 7.08. The van der Waals surface area contributed by atoms with Gasteiger partial charge in [0.05, 0.1) is 0 Å². The summed E-state index contributed by atoms with van der Waals surface area (Å²) >= 11 is 1.50. The molecule has 1 heterocycles.